The number of likely N-dealkylation sites (N-methyl/N-ethyl adjacent to an activating group) is 1. The Morgan fingerprint density at radius 1 is 1.12 bits per heavy atom. The van der Waals surface area contributed by atoms with Crippen LogP contribution in [0.1, 0.15) is 0 Å². The third-order valence-electron chi connectivity index (χ3n) is 4.63. The van der Waals surface area contributed by atoms with Crippen LogP contribution in [-0.2, 0) is 0 Å². The van der Waals surface area contributed by atoms with Gasteiger partial charge in [0, 0.05) is 38.7 Å². The fourth-order valence-electron chi connectivity index (χ4n) is 3.18. The van der Waals surface area contributed by atoms with Crippen molar-refractivity contribution in [2.24, 2.45) is 0 Å². The molecular formula is C16H15N9. The molecule has 0 amide bonds. The summed E-state index contributed by atoms with van der Waals surface area (Å²) in [6, 6.07) is 4.25. The second-order valence-electron chi connectivity index (χ2n) is 6.05. The first kappa shape index (κ1) is 14.0. The Hall–Kier alpha value is -3.36. The molecule has 0 radical (unpaired) electrons. The first-order valence-corrected chi connectivity index (χ1v) is 7.99. The first-order chi connectivity index (χ1) is 12.3. The highest BCUT2D eigenvalue weighted by Gasteiger charge is 2.33. The summed E-state index contributed by atoms with van der Waals surface area (Å²) in [6.07, 6.45) is 8.61. The zero-order valence-corrected chi connectivity index (χ0v) is 13.6. The van der Waals surface area contributed by atoms with Gasteiger partial charge in [0.1, 0.15) is 18.5 Å². The highest BCUT2D eigenvalue weighted by molar-refractivity contribution is 5.86. The molecule has 5 heterocycles. The second-order valence-corrected chi connectivity index (χ2v) is 6.05. The van der Waals surface area contributed by atoms with Crippen molar-refractivity contribution in [2.75, 3.05) is 29.9 Å². The molecular weight excluding hydrogens is 318 g/mol. The molecule has 0 unspecified atom stereocenters. The number of fused-ring (bicyclic) bond motifs is 2. The van der Waals surface area contributed by atoms with Gasteiger partial charge in [-0.3, -0.25) is 4.40 Å². The van der Waals surface area contributed by atoms with Gasteiger partial charge in [-0.15, -0.1) is 10.2 Å². The van der Waals surface area contributed by atoms with E-state index < -0.39 is 0 Å². The van der Waals surface area contributed by atoms with Gasteiger partial charge in [-0.1, -0.05) is 0 Å². The second kappa shape index (κ2) is 5.33. The number of rotatable bonds is 3. The summed E-state index contributed by atoms with van der Waals surface area (Å²) in [5, 5.41) is 9.07. The van der Waals surface area contributed by atoms with E-state index in [4.69, 9.17) is 0 Å². The molecule has 9 heteroatoms. The van der Waals surface area contributed by atoms with Gasteiger partial charge in [0.05, 0.1) is 11.4 Å². The topological polar surface area (TPSA) is 88.2 Å². The van der Waals surface area contributed by atoms with Gasteiger partial charge in [0.25, 0.3) is 0 Å². The van der Waals surface area contributed by atoms with Crippen molar-refractivity contribution in [3.05, 3.63) is 43.4 Å². The lowest BCUT2D eigenvalue weighted by atomic mass is 10.1. The SMILES string of the molecule is CN(c1ncnc2ncccc12)C1CN(c2nccn3cnnc23)C1. The predicted octanol–water partition coefficient (Wildman–Crippen LogP) is 0.787. The van der Waals surface area contributed by atoms with E-state index in [0.29, 0.717) is 11.7 Å². The van der Waals surface area contributed by atoms with Crippen molar-refractivity contribution in [1.29, 1.82) is 0 Å². The highest BCUT2D eigenvalue weighted by Crippen LogP contribution is 2.28. The molecule has 0 bridgehead atoms. The summed E-state index contributed by atoms with van der Waals surface area (Å²) in [7, 11) is 2.06. The van der Waals surface area contributed by atoms with Crippen LogP contribution in [0.4, 0.5) is 11.6 Å². The molecule has 5 rings (SSSR count). The van der Waals surface area contributed by atoms with Crippen LogP contribution in [-0.4, -0.2) is 60.7 Å². The summed E-state index contributed by atoms with van der Waals surface area (Å²) < 4.78 is 1.88. The zero-order valence-electron chi connectivity index (χ0n) is 13.6. The molecule has 0 aliphatic carbocycles. The fraction of sp³-hybridized carbons (Fsp3) is 0.250. The Balaban J connectivity index is 1.40. The fourth-order valence-corrected chi connectivity index (χ4v) is 3.18. The van der Waals surface area contributed by atoms with Crippen LogP contribution in [0.15, 0.2) is 43.4 Å². The van der Waals surface area contributed by atoms with E-state index in [1.54, 1.807) is 25.0 Å². The number of aromatic nitrogens is 7. The van der Waals surface area contributed by atoms with Crippen molar-refractivity contribution in [3.63, 3.8) is 0 Å². The zero-order chi connectivity index (χ0) is 16.8. The molecule has 0 N–H and O–H groups in total. The third kappa shape index (κ3) is 2.16. The Labute approximate surface area is 143 Å². The average molecular weight is 333 g/mol. The summed E-state index contributed by atoms with van der Waals surface area (Å²) >= 11 is 0. The summed E-state index contributed by atoms with van der Waals surface area (Å²) in [6.45, 7) is 1.70. The van der Waals surface area contributed by atoms with Crippen LogP contribution >= 0.6 is 0 Å². The minimum Gasteiger partial charge on any atom is -0.352 e. The van der Waals surface area contributed by atoms with Crippen molar-refractivity contribution < 1.29 is 0 Å². The number of nitrogens with zero attached hydrogens (tertiary/aromatic N) is 9. The molecule has 1 aliphatic rings. The Bertz CT molecular complexity index is 1050. The number of hydrogen-bond donors (Lipinski definition) is 0. The molecule has 1 aliphatic heterocycles. The quantitative estimate of drug-likeness (QED) is 0.544. The van der Waals surface area contributed by atoms with Crippen molar-refractivity contribution in [3.8, 4) is 0 Å². The molecule has 124 valence electrons. The largest absolute Gasteiger partial charge is 0.352 e. The van der Waals surface area contributed by atoms with E-state index in [2.05, 4.69) is 47.0 Å². The Morgan fingerprint density at radius 3 is 2.96 bits per heavy atom. The van der Waals surface area contributed by atoms with E-state index in [1.807, 2.05) is 22.7 Å². The Morgan fingerprint density at radius 2 is 2.04 bits per heavy atom. The molecule has 1 fully saturated rings. The van der Waals surface area contributed by atoms with E-state index in [9.17, 15) is 0 Å². The number of pyridine rings is 1. The monoisotopic (exact) mass is 333 g/mol. The molecule has 0 saturated carbocycles. The van der Waals surface area contributed by atoms with E-state index >= 15 is 0 Å². The molecule has 0 aromatic carbocycles. The van der Waals surface area contributed by atoms with Crippen LogP contribution in [0.5, 0.6) is 0 Å². The van der Waals surface area contributed by atoms with Crippen LogP contribution in [0.2, 0.25) is 0 Å². The predicted molar refractivity (Wildman–Crippen MR) is 92.5 cm³/mol. The first-order valence-electron chi connectivity index (χ1n) is 7.99. The minimum absolute atomic E-state index is 0.336. The highest BCUT2D eigenvalue weighted by atomic mass is 15.4. The van der Waals surface area contributed by atoms with Crippen LogP contribution < -0.4 is 9.80 Å². The molecule has 0 atom stereocenters. The van der Waals surface area contributed by atoms with Gasteiger partial charge < -0.3 is 9.80 Å². The van der Waals surface area contributed by atoms with Crippen LogP contribution in [0.25, 0.3) is 16.7 Å². The van der Waals surface area contributed by atoms with Gasteiger partial charge in [0.15, 0.2) is 11.5 Å². The lowest BCUT2D eigenvalue weighted by Crippen LogP contribution is -2.59. The maximum atomic E-state index is 4.47. The normalized spacial score (nSPS) is 14.8. The molecule has 9 nitrogen and oxygen atoms in total. The maximum absolute atomic E-state index is 4.47. The number of hydrogen-bond acceptors (Lipinski definition) is 8. The molecule has 4 aromatic heterocycles. The summed E-state index contributed by atoms with van der Waals surface area (Å²) in [5.41, 5.74) is 1.49. The maximum Gasteiger partial charge on any atom is 0.203 e. The molecule has 25 heavy (non-hydrogen) atoms. The Kier molecular flexibility index (Phi) is 2.99. The van der Waals surface area contributed by atoms with Crippen LogP contribution in [0.3, 0.4) is 0 Å². The van der Waals surface area contributed by atoms with Gasteiger partial charge in [-0.25, -0.2) is 19.9 Å². The van der Waals surface area contributed by atoms with Crippen molar-refractivity contribution in [1.82, 2.24) is 34.5 Å². The average Bonchev–Trinajstić information content (AvgIpc) is 3.09. The van der Waals surface area contributed by atoms with Gasteiger partial charge in [-0.2, -0.15) is 0 Å². The lowest BCUT2D eigenvalue weighted by molar-refractivity contribution is 0.491. The third-order valence-corrected chi connectivity index (χ3v) is 4.63. The molecule has 0 spiro atoms. The number of anilines is 2. The standard InChI is InChI=1S/C16H15N9/c1-23(14-12-3-2-4-17-13(12)19-9-20-14)11-7-25(8-11)15-16-22-21-10-24(16)6-5-18-15/h2-6,9-11H,7-8H2,1H3. The molecule has 1 saturated heterocycles. The van der Waals surface area contributed by atoms with Crippen molar-refractivity contribution in [2.45, 2.75) is 6.04 Å². The lowest BCUT2D eigenvalue weighted by Gasteiger charge is -2.45. The van der Waals surface area contributed by atoms with Crippen molar-refractivity contribution >= 4 is 28.3 Å². The van der Waals surface area contributed by atoms with E-state index in [-0.39, 0.29) is 0 Å². The minimum atomic E-state index is 0.336. The summed E-state index contributed by atoms with van der Waals surface area (Å²) in [4.78, 5) is 21.9. The van der Waals surface area contributed by atoms with E-state index in [1.165, 1.54) is 0 Å². The molecule has 4 aromatic rings. The van der Waals surface area contributed by atoms with Crippen LogP contribution in [0, 0.1) is 0 Å². The van der Waals surface area contributed by atoms with Gasteiger partial charge in [0.2, 0.25) is 5.65 Å². The van der Waals surface area contributed by atoms with E-state index in [0.717, 1.165) is 35.8 Å². The van der Waals surface area contributed by atoms with Gasteiger partial charge in [-0.05, 0) is 12.1 Å². The van der Waals surface area contributed by atoms with Gasteiger partial charge >= 0.3 is 0 Å². The smallest absolute Gasteiger partial charge is 0.203 e. The summed E-state index contributed by atoms with van der Waals surface area (Å²) in [5.74, 6) is 1.76.